The number of sulfonamides is 2. The third kappa shape index (κ3) is 9.51. The molecule has 0 saturated carbocycles. The Hall–Kier alpha value is -3.70. The summed E-state index contributed by atoms with van der Waals surface area (Å²) in [5.41, 5.74) is 0.237. The number of hydrogen-bond acceptors (Lipinski definition) is 10. The molecule has 0 radical (unpaired) electrons. The molecular weight excluding hydrogens is 675 g/mol. The van der Waals surface area contributed by atoms with Crippen LogP contribution in [0.1, 0.15) is 50.4 Å². The van der Waals surface area contributed by atoms with Crippen LogP contribution in [0.15, 0.2) is 64.9 Å². The molecule has 0 spiro atoms. The van der Waals surface area contributed by atoms with E-state index in [0.717, 1.165) is 6.42 Å². The number of aryl methyl sites for hydroxylation is 1. The highest BCUT2D eigenvalue weighted by Gasteiger charge is 2.33. The molecule has 2 N–H and O–H groups in total. The molecule has 0 saturated heterocycles. The van der Waals surface area contributed by atoms with Crippen molar-refractivity contribution in [2.45, 2.75) is 68.2 Å². The summed E-state index contributed by atoms with van der Waals surface area (Å²) in [6.45, 7) is 5.58. The zero-order valence-electron chi connectivity index (χ0n) is 28.8. The summed E-state index contributed by atoms with van der Waals surface area (Å²) in [6.07, 6.45) is 3.94. The largest absolute Gasteiger partial charge is 0.497 e. The Kier molecular flexibility index (Phi) is 12.7. The van der Waals surface area contributed by atoms with E-state index in [4.69, 9.17) is 14.2 Å². The van der Waals surface area contributed by atoms with Crippen molar-refractivity contribution in [3.63, 3.8) is 0 Å². The number of aliphatic hydroxyl groups is 1. The fourth-order valence-corrected chi connectivity index (χ4v) is 7.68. The first-order valence-electron chi connectivity index (χ1n) is 16.1. The molecule has 2 aromatic carbocycles. The second kappa shape index (κ2) is 16.3. The van der Waals surface area contributed by atoms with Crippen LogP contribution in [-0.4, -0.2) is 105 Å². The standard InChI is InChI=1S/C33H47N5O9S2/c1-23-18-38(24(2)21-39)33(40)29-17-26(35-48(41,42)32-20-36(4)22-34-32)10-15-30(29)47-25(3)9-7-8-16-46-31(23)19-37(5)49(43,44)28-13-11-27(45-6)12-14-28/h10-15,17,20,22-25,31,35,39H,7-9,16,18-19,21H2,1-6H3/t23-,24-,25-,31-/m1/s1. The molecule has 4 rings (SSSR count). The molecule has 1 aromatic heterocycles. The second-order valence-electron chi connectivity index (χ2n) is 12.5. The van der Waals surface area contributed by atoms with E-state index in [-0.39, 0.29) is 58.6 Å². The van der Waals surface area contributed by atoms with Gasteiger partial charge in [-0.25, -0.2) is 13.4 Å². The highest BCUT2D eigenvalue weighted by atomic mass is 32.2. The van der Waals surface area contributed by atoms with E-state index in [1.54, 1.807) is 32.2 Å². The van der Waals surface area contributed by atoms with Crippen LogP contribution in [0.4, 0.5) is 5.69 Å². The topological polar surface area (TPSA) is 170 Å². The SMILES string of the molecule is COc1ccc(S(=O)(=O)N(C)C[C@H]2OCCCC[C@@H](C)Oc3ccc(NS(=O)(=O)c4cn(C)cn4)cc3C(=O)N([C@H](C)CO)C[C@H]2C)cc1. The molecular formula is C33H47N5O9S2. The monoisotopic (exact) mass is 721 g/mol. The number of methoxy groups -OCH3 is 1. The average molecular weight is 722 g/mol. The number of aliphatic hydroxyl groups excluding tert-OH is 1. The average Bonchev–Trinajstić information content (AvgIpc) is 3.53. The summed E-state index contributed by atoms with van der Waals surface area (Å²) >= 11 is 0. The minimum Gasteiger partial charge on any atom is -0.497 e. The predicted molar refractivity (Wildman–Crippen MR) is 184 cm³/mol. The van der Waals surface area contributed by atoms with Gasteiger partial charge in [-0.1, -0.05) is 6.92 Å². The molecule has 1 aliphatic heterocycles. The minimum atomic E-state index is -4.06. The lowest BCUT2D eigenvalue weighted by molar-refractivity contribution is -0.00833. The van der Waals surface area contributed by atoms with Crippen molar-refractivity contribution in [2.75, 3.05) is 45.2 Å². The molecule has 2 heterocycles. The Morgan fingerprint density at radius 3 is 2.47 bits per heavy atom. The van der Waals surface area contributed by atoms with Gasteiger partial charge in [0.2, 0.25) is 10.0 Å². The number of imidazole rings is 1. The molecule has 14 nitrogen and oxygen atoms in total. The Labute approximate surface area is 289 Å². The molecule has 0 aliphatic carbocycles. The third-order valence-corrected chi connectivity index (χ3v) is 11.6. The van der Waals surface area contributed by atoms with Gasteiger partial charge in [-0.05, 0) is 75.6 Å². The molecule has 4 atom stereocenters. The Balaban J connectivity index is 1.66. The number of amides is 1. The van der Waals surface area contributed by atoms with Gasteiger partial charge in [0.15, 0.2) is 5.03 Å². The van der Waals surface area contributed by atoms with Crippen LogP contribution in [0.25, 0.3) is 0 Å². The molecule has 0 fully saturated rings. The number of carbonyl (C=O) groups excluding carboxylic acids is 1. The van der Waals surface area contributed by atoms with Crippen LogP contribution < -0.4 is 14.2 Å². The number of benzene rings is 2. The van der Waals surface area contributed by atoms with E-state index in [1.807, 2.05) is 13.8 Å². The first-order valence-corrected chi connectivity index (χ1v) is 19.0. The van der Waals surface area contributed by atoms with Crippen LogP contribution in [0.3, 0.4) is 0 Å². The Bertz CT molecular complexity index is 1780. The van der Waals surface area contributed by atoms with Gasteiger partial charge in [0.05, 0.1) is 48.8 Å². The number of nitrogens with one attached hydrogen (secondary N) is 1. The maximum atomic E-state index is 14.4. The van der Waals surface area contributed by atoms with Gasteiger partial charge in [0, 0.05) is 51.6 Å². The summed E-state index contributed by atoms with van der Waals surface area (Å²) in [4.78, 5) is 19.9. The van der Waals surface area contributed by atoms with Gasteiger partial charge in [-0.3, -0.25) is 9.52 Å². The van der Waals surface area contributed by atoms with Crippen LogP contribution in [0, 0.1) is 5.92 Å². The van der Waals surface area contributed by atoms with Gasteiger partial charge >= 0.3 is 0 Å². The van der Waals surface area contributed by atoms with Crippen molar-refractivity contribution in [2.24, 2.45) is 13.0 Å². The number of nitrogens with zero attached hydrogens (tertiary/aromatic N) is 4. The van der Waals surface area contributed by atoms with Gasteiger partial charge in [-0.15, -0.1) is 0 Å². The van der Waals surface area contributed by atoms with E-state index < -0.39 is 38.1 Å². The fraction of sp³-hybridized carbons (Fsp3) is 0.515. The number of ether oxygens (including phenoxy) is 3. The molecule has 0 bridgehead atoms. The van der Waals surface area contributed by atoms with E-state index >= 15 is 0 Å². The van der Waals surface area contributed by atoms with Gasteiger partial charge < -0.3 is 28.8 Å². The van der Waals surface area contributed by atoms with Crippen molar-refractivity contribution < 1.29 is 40.9 Å². The molecule has 270 valence electrons. The van der Waals surface area contributed by atoms with Crippen molar-refractivity contribution in [1.82, 2.24) is 18.8 Å². The third-order valence-electron chi connectivity index (χ3n) is 8.46. The Morgan fingerprint density at radius 2 is 1.84 bits per heavy atom. The first kappa shape index (κ1) is 38.1. The molecule has 1 amide bonds. The normalized spacial score (nSPS) is 20.6. The van der Waals surface area contributed by atoms with Crippen molar-refractivity contribution in [1.29, 1.82) is 0 Å². The number of hydrogen-bond donors (Lipinski definition) is 2. The highest BCUT2D eigenvalue weighted by molar-refractivity contribution is 7.92. The molecule has 1 aliphatic rings. The van der Waals surface area contributed by atoms with Crippen LogP contribution >= 0.6 is 0 Å². The van der Waals surface area contributed by atoms with E-state index in [9.17, 15) is 26.7 Å². The number of anilines is 1. The zero-order valence-corrected chi connectivity index (χ0v) is 30.4. The van der Waals surface area contributed by atoms with Crippen LogP contribution in [0.2, 0.25) is 0 Å². The summed E-state index contributed by atoms with van der Waals surface area (Å²) in [5.74, 6) is -0.0735. The van der Waals surface area contributed by atoms with E-state index in [2.05, 4.69) is 9.71 Å². The van der Waals surface area contributed by atoms with E-state index in [0.29, 0.717) is 25.2 Å². The molecule has 49 heavy (non-hydrogen) atoms. The van der Waals surface area contributed by atoms with Crippen molar-refractivity contribution >= 4 is 31.6 Å². The quantitative estimate of drug-likeness (QED) is 0.317. The zero-order chi connectivity index (χ0) is 35.9. The van der Waals surface area contributed by atoms with Crippen molar-refractivity contribution in [3.8, 4) is 11.5 Å². The molecule has 3 aromatic rings. The summed E-state index contributed by atoms with van der Waals surface area (Å²) in [5, 5.41) is 10.0. The predicted octanol–water partition coefficient (Wildman–Crippen LogP) is 3.35. The molecule has 0 unspecified atom stereocenters. The molecule has 16 heteroatoms. The van der Waals surface area contributed by atoms with E-state index in [1.165, 1.54) is 64.7 Å². The highest BCUT2D eigenvalue weighted by Crippen LogP contribution is 2.30. The smallest absolute Gasteiger partial charge is 0.280 e. The minimum absolute atomic E-state index is 0.0145. The fourth-order valence-electron chi connectivity index (χ4n) is 5.46. The van der Waals surface area contributed by atoms with Gasteiger partial charge in [0.1, 0.15) is 11.5 Å². The number of likely N-dealkylation sites (N-methyl/N-ethyl adjacent to an activating group) is 1. The number of aromatic nitrogens is 2. The number of rotatable bonds is 10. The van der Waals surface area contributed by atoms with Gasteiger partial charge in [-0.2, -0.15) is 12.7 Å². The Morgan fingerprint density at radius 1 is 1.12 bits per heavy atom. The second-order valence-corrected chi connectivity index (χ2v) is 16.1. The van der Waals surface area contributed by atoms with Gasteiger partial charge in [0.25, 0.3) is 15.9 Å². The first-order chi connectivity index (χ1) is 23.2. The summed E-state index contributed by atoms with van der Waals surface area (Å²) < 4.78 is 76.1. The van der Waals surface area contributed by atoms with Crippen molar-refractivity contribution in [3.05, 3.63) is 60.6 Å². The lowest BCUT2D eigenvalue weighted by atomic mass is 10.0. The maximum Gasteiger partial charge on any atom is 0.280 e. The summed E-state index contributed by atoms with van der Waals surface area (Å²) in [6, 6.07) is 9.98. The van der Waals surface area contributed by atoms with Crippen LogP contribution in [-0.2, 0) is 31.8 Å². The lowest BCUT2D eigenvalue weighted by Crippen LogP contribution is -2.48. The summed E-state index contributed by atoms with van der Waals surface area (Å²) in [7, 11) is -3.29. The maximum absolute atomic E-state index is 14.4. The number of fused-ring (bicyclic) bond motifs is 1. The van der Waals surface area contributed by atoms with Crippen LogP contribution in [0.5, 0.6) is 11.5 Å². The lowest BCUT2D eigenvalue weighted by Gasteiger charge is -2.35. The number of carbonyl (C=O) groups is 1.